The molecule has 0 aliphatic heterocycles. The normalized spacial score (nSPS) is 15.9. The molecule has 1 heterocycles. The average molecular weight is 250 g/mol. The molecule has 1 aliphatic rings. The number of nitrogens with zero attached hydrogens (tertiary/aromatic N) is 2. The van der Waals surface area contributed by atoms with Crippen molar-refractivity contribution in [1.82, 2.24) is 9.97 Å². The summed E-state index contributed by atoms with van der Waals surface area (Å²) in [6, 6.07) is 1.91. The largest absolute Gasteiger partial charge is 0.376 e. The molecule has 0 amide bonds. The topological polar surface area (TPSA) is 59.1 Å². The lowest BCUT2D eigenvalue weighted by Crippen LogP contribution is -2.16. The molecule has 1 fully saturated rings. The average Bonchev–Trinajstić information content (AvgIpc) is 2.87. The maximum atomic E-state index is 5.79. The van der Waals surface area contributed by atoms with Gasteiger partial charge in [0.25, 0.3) is 0 Å². The van der Waals surface area contributed by atoms with E-state index in [0.29, 0.717) is 6.10 Å². The summed E-state index contributed by atoms with van der Waals surface area (Å²) >= 11 is 0. The van der Waals surface area contributed by atoms with Gasteiger partial charge in [-0.15, -0.1) is 0 Å². The van der Waals surface area contributed by atoms with Crippen LogP contribution in [0.25, 0.3) is 0 Å². The molecule has 1 aliphatic carbocycles. The highest BCUT2D eigenvalue weighted by molar-refractivity contribution is 5.46. The van der Waals surface area contributed by atoms with Gasteiger partial charge in [0.15, 0.2) is 0 Å². The Hall–Kier alpha value is -1.36. The molecule has 2 rings (SSSR count). The van der Waals surface area contributed by atoms with E-state index in [-0.39, 0.29) is 0 Å². The Labute approximate surface area is 108 Å². The molecule has 18 heavy (non-hydrogen) atoms. The van der Waals surface area contributed by atoms with Gasteiger partial charge >= 0.3 is 0 Å². The van der Waals surface area contributed by atoms with Crippen molar-refractivity contribution >= 4 is 11.6 Å². The lowest BCUT2D eigenvalue weighted by atomic mass is 10.3. The van der Waals surface area contributed by atoms with Gasteiger partial charge in [-0.2, -0.15) is 0 Å². The summed E-state index contributed by atoms with van der Waals surface area (Å²) in [5, 5.41) is 6.29. The molecule has 0 bridgehead atoms. The SMILES string of the molecule is CNc1cc(NCCOC2CCCC2)nc(C)n1. The number of aryl methyl sites for hydroxylation is 1. The summed E-state index contributed by atoms with van der Waals surface area (Å²) in [5.74, 6) is 2.45. The number of hydrogen-bond donors (Lipinski definition) is 2. The van der Waals surface area contributed by atoms with Crippen LogP contribution in [0, 0.1) is 6.92 Å². The van der Waals surface area contributed by atoms with Crippen molar-refractivity contribution in [2.75, 3.05) is 30.8 Å². The highest BCUT2D eigenvalue weighted by Crippen LogP contribution is 2.20. The van der Waals surface area contributed by atoms with Gasteiger partial charge in [0.05, 0.1) is 12.7 Å². The fourth-order valence-corrected chi connectivity index (χ4v) is 2.25. The van der Waals surface area contributed by atoms with Crippen LogP contribution in [0.15, 0.2) is 6.07 Å². The van der Waals surface area contributed by atoms with Gasteiger partial charge in [0, 0.05) is 19.7 Å². The van der Waals surface area contributed by atoms with Crippen LogP contribution in [-0.4, -0.2) is 36.3 Å². The Kier molecular flexibility index (Phi) is 4.75. The molecule has 5 nitrogen and oxygen atoms in total. The predicted octanol–water partition coefficient (Wildman–Crippen LogP) is 2.20. The minimum atomic E-state index is 0.479. The van der Waals surface area contributed by atoms with E-state index in [9.17, 15) is 0 Å². The third-order valence-corrected chi connectivity index (χ3v) is 3.16. The molecule has 1 aromatic heterocycles. The smallest absolute Gasteiger partial charge is 0.131 e. The van der Waals surface area contributed by atoms with Crippen LogP contribution in [0.3, 0.4) is 0 Å². The molecule has 1 aromatic rings. The van der Waals surface area contributed by atoms with Crippen molar-refractivity contribution < 1.29 is 4.74 Å². The van der Waals surface area contributed by atoms with Crippen LogP contribution >= 0.6 is 0 Å². The van der Waals surface area contributed by atoms with E-state index < -0.39 is 0 Å². The van der Waals surface area contributed by atoms with Gasteiger partial charge in [-0.3, -0.25) is 0 Å². The van der Waals surface area contributed by atoms with Crippen LogP contribution in [-0.2, 0) is 4.74 Å². The fourth-order valence-electron chi connectivity index (χ4n) is 2.25. The first-order chi connectivity index (χ1) is 8.78. The lowest BCUT2D eigenvalue weighted by molar-refractivity contribution is 0.0658. The van der Waals surface area contributed by atoms with Crippen molar-refractivity contribution in [2.45, 2.75) is 38.7 Å². The van der Waals surface area contributed by atoms with Crippen molar-refractivity contribution in [3.8, 4) is 0 Å². The zero-order valence-corrected chi connectivity index (χ0v) is 11.2. The summed E-state index contributed by atoms with van der Waals surface area (Å²) in [7, 11) is 1.86. The van der Waals surface area contributed by atoms with Gasteiger partial charge in [-0.25, -0.2) is 9.97 Å². The number of anilines is 2. The predicted molar refractivity (Wildman–Crippen MR) is 73.0 cm³/mol. The first kappa shape index (κ1) is 13.1. The third kappa shape index (κ3) is 3.84. The number of nitrogens with one attached hydrogen (secondary N) is 2. The van der Waals surface area contributed by atoms with Gasteiger partial charge < -0.3 is 15.4 Å². The number of rotatable bonds is 6. The van der Waals surface area contributed by atoms with Crippen molar-refractivity contribution in [2.24, 2.45) is 0 Å². The van der Waals surface area contributed by atoms with Gasteiger partial charge in [-0.1, -0.05) is 12.8 Å². The van der Waals surface area contributed by atoms with Crippen molar-refractivity contribution in [1.29, 1.82) is 0 Å². The van der Waals surface area contributed by atoms with E-state index in [4.69, 9.17) is 4.74 Å². The first-order valence-corrected chi connectivity index (χ1v) is 6.67. The van der Waals surface area contributed by atoms with Crippen LogP contribution in [0.1, 0.15) is 31.5 Å². The van der Waals surface area contributed by atoms with E-state index >= 15 is 0 Å². The molecule has 0 saturated heterocycles. The van der Waals surface area contributed by atoms with E-state index in [1.165, 1.54) is 25.7 Å². The molecule has 0 atom stereocenters. The van der Waals surface area contributed by atoms with Crippen molar-refractivity contribution in [3.63, 3.8) is 0 Å². The second-order valence-electron chi connectivity index (χ2n) is 4.64. The summed E-state index contributed by atoms with van der Waals surface area (Å²) in [4.78, 5) is 8.58. The molecule has 100 valence electrons. The van der Waals surface area contributed by atoms with Gasteiger partial charge in [-0.05, 0) is 19.8 Å². The molecular formula is C13H22N4O. The summed E-state index contributed by atoms with van der Waals surface area (Å²) in [5.41, 5.74) is 0. The molecule has 0 radical (unpaired) electrons. The van der Waals surface area contributed by atoms with E-state index in [1.54, 1.807) is 0 Å². The zero-order valence-electron chi connectivity index (χ0n) is 11.2. The standard InChI is InChI=1S/C13H22N4O/c1-10-16-12(14-2)9-13(17-10)15-7-8-18-11-5-3-4-6-11/h9,11H,3-8H2,1-2H3,(H2,14,15,16,17). The second kappa shape index (κ2) is 6.54. The van der Waals surface area contributed by atoms with Crippen LogP contribution in [0.2, 0.25) is 0 Å². The Morgan fingerprint density at radius 1 is 1.28 bits per heavy atom. The highest BCUT2D eigenvalue weighted by atomic mass is 16.5. The van der Waals surface area contributed by atoms with Gasteiger partial charge in [0.2, 0.25) is 0 Å². The summed E-state index contributed by atoms with van der Waals surface area (Å²) < 4.78 is 5.79. The number of ether oxygens (including phenoxy) is 1. The van der Waals surface area contributed by atoms with E-state index in [2.05, 4.69) is 20.6 Å². The minimum absolute atomic E-state index is 0.479. The molecule has 0 unspecified atom stereocenters. The van der Waals surface area contributed by atoms with E-state index in [0.717, 1.165) is 30.6 Å². The highest BCUT2D eigenvalue weighted by Gasteiger charge is 2.14. The second-order valence-corrected chi connectivity index (χ2v) is 4.64. The Bertz CT molecular complexity index is 377. The summed E-state index contributed by atoms with van der Waals surface area (Å²) in [6.07, 6.45) is 5.54. The monoisotopic (exact) mass is 250 g/mol. The van der Waals surface area contributed by atoms with Crippen LogP contribution in [0.5, 0.6) is 0 Å². The summed E-state index contributed by atoms with van der Waals surface area (Å²) in [6.45, 7) is 3.42. The minimum Gasteiger partial charge on any atom is -0.376 e. The van der Waals surface area contributed by atoms with Gasteiger partial charge in [0.1, 0.15) is 17.5 Å². The van der Waals surface area contributed by atoms with E-state index in [1.807, 2.05) is 20.0 Å². The molecule has 0 spiro atoms. The molecule has 1 saturated carbocycles. The quantitative estimate of drug-likeness (QED) is 0.758. The maximum Gasteiger partial charge on any atom is 0.131 e. The van der Waals surface area contributed by atoms with Crippen LogP contribution < -0.4 is 10.6 Å². The van der Waals surface area contributed by atoms with Crippen LogP contribution in [0.4, 0.5) is 11.6 Å². The Morgan fingerprint density at radius 2 is 2.00 bits per heavy atom. The lowest BCUT2D eigenvalue weighted by Gasteiger charge is -2.12. The Balaban J connectivity index is 1.73. The van der Waals surface area contributed by atoms with Crippen molar-refractivity contribution in [3.05, 3.63) is 11.9 Å². The number of aromatic nitrogens is 2. The molecule has 2 N–H and O–H groups in total. The first-order valence-electron chi connectivity index (χ1n) is 6.67. The number of hydrogen-bond acceptors (Lipinski definition) is 5. The zero-order chi connectivity index (χ0) is 12.8. The molecule has 5 heteroatoms. The Morgan fingerprint density at radius 3 is 2.72 bits per heavy atom. The maximum absolute atomic E-state index is 5.79. The molecule has 0 aromatic carbocycles. The third-order valence-electron chi connectivity index (χ3n) is 3.16. The fraction of sp³-hybridized carbons (Fsp3) is 0.692. The molecular weight excluding hydrogens is 228 g/mol.